The van der Waals surface area contributed by atoms with Gasteiger partial charge in [-0.05, 0) is 6.92 Å². The van der Waals surface area contributed by atoms with E-state index in [9.17, 15) is 14.7 Å². The number of hydrogen-bond acceptors (Lipinski definition) is 6. The van der Waals surface area contributed by atoms with Gasteiger partial charge in [-0.15, -0.1) is 0 Å². The van der Waals surface area contributed by atoms with Crippen molar-refractivity contribution in [2.24, 2.45) is 0 Å². The fourth-order valence-electron chi connectivity index (χ4n) is 2.83. The van der Waals surface area contributed by atoms with Gasteiger partial charge in [-0.3, -0.25) is 9.59 Å². The smallest absolute Gasteiger partial charge is 0.273 e. The second-order valence-corrected chi connectivity index (χ2v) is 6.18. The summed E-state index contributed by atoms with van der Waals surface area (Å²) in [6.07, 6.45) is -0.563. The molecule has 0 bridgehead atoms. The SMILES string of the molecule is C[C@@H]1CN(C(=O)CNC(=O)c2cc(-c3ccccc3)on2)C[C@@H](CO)O1. The molecule has 2 heterocycles. The molecule has 1 fully saturated rings. The summed E-state index contributed by atoms with van der Waals surface area (Å²) >= 11 is 0. The first kappa shape index (κ1) is 18.1. The van der Waals surface area contributed by atoms with Crippen LogP contribution >= 0.6 is 0 Å². The molecule has 138 valence electrons. The van der Waals surface area contributed by atoms with Crippen LogP contribution < -0.4 is 5.32 Å². The highest BCUT2D eigenvalue weighted by Gasteiger charge is 2.28. The number of amides is 2. The Morgan fingerprint density at radius 2 is 2.08 bits per heavy atom. The molecule has 26 heavy (non-hydrogen) atoms. The van der Waals surface area contributed by atoms with E-state index in [1.54, 1.807) is 4.90 Å². The maximum Gasteiger partial charge on any atom is 0.273 e. The van der Waals surface area contributed by atoms with Crippen LogP contribution in [-0.2, 0) is 9.53 Å². The zero-order valence-electron chi connectivity index (χ0n) is 14.4. The van der Waals surface area contributed by atoms with Crippen molar-refractivity contribution in [1.29, 1.82) is 0 Å². The third-order valence-corrected chi connectivity index (χ3v) is 4.08. The lowest BCUT2D eigenvalue weighted by Crippen LogP contribution is -2.52. The molecular weight excluding hydrogens is 338 g/mol. The van der Waals surface area contributed by atoms with Gasteiger partial charge in [0.25, 0.3) is 5.91 Å². The average Bonchev–Trinajstić information content (AvgIpc) is 3.16. The molecule has 2 aromatic rings. The van der Waals surface area contributed by atoms with Crippen LogP contribution in [0.25, 0.3) is 11.3 Å². The molecule has 2 atom stereocenters. The highest BCUT2D eigenvalue weighted by Crippen LogP contribution is 2.19. The Hall–Kier alpha value is -2.71. The van der Waals surface area contributed by atoms with E-state index in [0.717, 1.165) is 5.56 Å². The van der Waals surface area contributed by atoms with Crippen molar-refractivity contribution in [3.63, 3.8) is 0 Å². The van der Waals surface area contributed by atoms with E-state index in [-0.39, 0.29) is 30.9 Å². The minimum atomic E-state index is -0.482. The van der Waals surface area contributed by atoms with E-state index in [1.165, 1.54) is 6.07 Å². The number of hydrogen-bond donors (Lipinski definition) is 2. The Bertz CT molecular complexity index is 761. The predicted molar refractivity (Wildman–Crippen MR) is 92.3 cm³/mol. The van der Waals surface area contributed by atoms with Crippen molar-refractivity contribution in [3.05, 3.63) is 42.1 Å². The van der Waals surface area contributed by atoms with E-state index < -0.39 is 12.0 Å². The van der Waals surface area contributed by atoms with Crippen molar-refractivity contribution in [2.45, 2.75) is 19.1 Å². The summed E-state index contributed by atoms with van der Waals surface area (Å²) in [6.45, 7) is 2.26. The zero-order chi connectivity index (χ0) is 18.5. The predicted octanol–water partition coefficient (Wildman–Crippen LogP) is 0.680. The summed E-state index contributed by atoms with van der Waals surface area (Å²) in [4.78, 5) is 26.1. The number of carbonyl (C=O) groups is 2. The maximum atomic E-state index is 12.3. The van der Waals surface area contributed by atoms with Crippen LogP contribution in [0.15, 0.2) is 40.9 Å². The van der Waals surface area contributed by atoms with Crippen LogP contribution in [0.4, 0.5) is 0 Å². The molecule has 1 aromatic heterocycles. The van der Waals surface area contributed by atoms with Crippen LogP contribution in [0.5, 0.6) is 0 Å². The van der Waals surface area contributed by atoms with Gasteiger partial charge < -0.3 is 24.6 Å². The molecule has 3 rings (SSSR count). The van der Waals surface area contributed by atoms with Crippen LogP contribution in [0.1, 0.15) is 17.4 Å². The second-order valence-electron chi connectivity index (χ2n) is 6.18. The third kappa shape index (κ3) is 4.27. The van der Waals surface area contributed by atoms with Crippen LogP contribution in [0.3, 0.4) is 0 Å². The van der Waals surface area contributed by atoms with E-state index in [0.29, 0.717) is 18.8 Å². The second kappa shape index (κ2) is 8.11. The van der Waals surface area contributed by atoms with Gasteiger partial charge >= 0.3 is 0 Å². The van der Waals surface area contributed by atoms with Gasteiger partial charge in [0.15, 0.2) is 11.5 Å². The highest BCUT2D eigenvalue weighted by atomic mass is 16.5. The molecule has 2 amide bonds. The van der Waals surface area contributed by atoms with Crippen LogP contribution in [-0.4, -0.2) is 65.4 Å². The number of aliphatic hydroxyl groups is 1. The zero-order valence-corrected chi connectivity index (χ0v) is 14.4. The molecule has 8 nitrogen and oxygen atoms in total. The van der Waals surface area contributed by atoms with E-state index in [2.05, 4.69) is 10.5 Å². The number of carbonyl (C=O) groups excluding carboxylic acids is 2. The van der Waals surface area contributed by atoms with Crippen molar-refractivity contribution >= 4 is 11.8 Å². The molecule has 0 saturated carbocycles. The number of nitrogens with one attached hydrogen (secondary N) is 1. The summed E-state index contributed by atoms with van der Waals surface area (Å²) in [5.74, 6) is -0.238. The van der Waals surface area contributed by atoms with Crippen molar-refractivity contribution < 1.29 is 24.0 Å². The molecule has 0 radical (unpaired) electrons. The van der Waals surface area contributed by atoms with Crippen molar-refractivity contribution in [1.82, 2.24) is 15.4 Å². The van der Waals surface area contributed by atoms with Gasteiger partial charge in [0.05, 0.1) is 25.4 Å². The highest BCUT2D eigenvalue weighted by molar-refractivity contribution is 5.95. The Balaban J connectivity index is 1.55. The number of rotatable bonds is 5. The van der Waals surface area contributed by atoms with E-state index >= 15 is 0 Å². The van der Waals surface area contributed by atoms with Gasteiger partial charge in [0.2, 0.25) is 5.91 Å². The summed E-state index contributed by atoms with van der Waals surface area (Å²) in [5, 5.41) is 15.5. The lowest BCUT2D eigenvalue weighted by molar-refractivity contribution is -0.146. The van der Waals surface area contributed by atoms with E-state index in [4.69, 9.17) is 9.26 Å². The largest absolute Gasteiger partial charge is 0.394 e. The Labute approximate surface area is 150 Å². The normalized spacial score (nSPS) is 20.0. The number of morpholine rings is 1. The minimum Gasteiger partial charge on any atom is -0.394 e. The number of aromatic nitrogens is 1. The summed E-state index contributed by atoms with van der Waals surface area (Å²) in [6, 6.07) is 10.8. The Morgan fingerprint density at radius 3 is 2.81 bits per heavy atom. The molecule has 1 aromatic carbocycles. The lowest BCUT2D eigenvalue weighted by Gasteiger charge is -2.36. The summed E-state index contributed by atoms with van der Waals surface area (Å²) in [5.41, 5.74) is 0.924. The Morgan fingerprint density at radius 1 is 1.31 bits per heavy atom. The lowest BCUT2D eigenvalue weighted by atomic mass is 10.1. The number of aliphatic hydroxyl groups excluding tert-OH is 1. The van der Waals surface area contributed by atoms with Gasteiger partial charge in [0.1, 0.15) is 0 Å². The van der Waals surface area contributed by atoms with Gasteiger partial charge in [-0.25, -0.2) is 0 Å². The van der Waals surface area contributed by atoms with Crippen molar-refractivity contribution in [2.75, 3.05) is 26.2 Å². The van der Waals surface area contributed by atoms with Gasteiger partial charge in [0, 0.05) is 24.7 Å². The average molecular weight is 359 g/mol. The first-order chi connectivity index (χ1) is 12.6. The monoisotopic (exact) mass is 359 g/mol. The molecule has 2 N–H and O–H groups in total. The topological polar surface area (TPSA) is 105 Å². The van der Waals surface area contributed by atoms with Crippen molar-refractivity contribution in [3.8, 4) is 11.3 Å². The third-order valence-electron chi connectivity index (χ3n) is 4.08. The molecular formula is C18H21N3O5. The number of benzene rings is 1. The molecule has 0 unspecified atom stereocenters. The number of nitrogens with zero attached hydrogens (tertiary/aromatic N) is 2. The molecule has 0 aliphatic carbocycles. The van der Waals surface area contributed by atoms with Crippen LogP contribution in [0, 0.1) is 0 Å². The standard InChI is InChI=1S/C18H21N3O5/c1-12-9-21(10-14(11-22)25-12)17(23)8-19-18(24)15-7-16(26-20-15)13-5-3-2-4-6-13/h2-7,12,14,22H,8-11H2,1H3,(H,19,24)/t12-,14+/m1/s1. The van der Waals surface area contributed by atoms with Gasteiger partial charge in [-0.2, -0.15) is 0 Å². The quantitative estimate of drug-likeness (QED) is 0.813. The molecule has 0 spiro atoms. The first-order valence-electron chi connectivity index (χ1n) is 8.41. The summed E-state index contributed by atoms with van der Waals surface area (Å²) in [7, 11) is 0. The molecule has 8 heteroatoms. The molecule has 1 saturated heterocycles. The van der Waals surface area contributed by atoms with Gasteiger partial charge in [-0.1, -0.05) is 35.5 Å². The minimum absolute atomic E-state index is 0.111. The van der Waals surface area contributed by atoms with E-state index in [1.807, 2.05) is 37.3 Å². The maximum absolute atomic E-state index is 12.3. The Kier molecular flexibility index (Phi) is 5.65. The molecule has 1 aliphatic heterocycles. The summed E-state index contributed by atoms with van der Waals surface area (Å²) < 4.78 is 10.7. The van der Waals surface area contributed by atoms with Crippen LogP contribution in [0.2, 0.25) is 0 Å². The first-order valence-corrected chi connectivity index (χ1v) is 8.41. The fraction of sp³-hybridized carbons (Fsp3) is 0.389. The molecule has 1 aliphatic rings. The fourth-order valence-corrected chi connectivity index (χ4v) is 2.83. The number of ether oxygens (including phenoxy) is 1.